The first-order valence-electron chi connectivity index (χ1n) is 8.78. The molecule has 0 fully saturated rings. The maximum absolute atomic E-state index is 14.4. The van der Waals surface area contributed by atoms with Crippen molar-refractivity contribution in [3.8, 4) is 0 Å². The minimum atomic E-state index is -3.95. The van der Waals surface area contributed by atoms with E-state index in [4.69, 9.17) is 4.74 Å². The Morgan fingerprint density at radius 2 is 1.46 bits per heavy atom. The van der Waals surface area contributed by atoms with Gasteiger partial charge in [-0.2, -0.15) is 8.78 Å². The Bertz CT molecular complexity index is 491. The molecular formula is C19H34F2O5. The molecule has 2 atom stereocenters. The van der Waals surface area contributed by atoms with E-state index in [9.17, 15) is 18.4 Å². The van der Waals surface area contributed by atoms with Crippen LogP contribution in [-0.2, 0) is 23.8 Å². The van der Waals surface area contributed by atoms with Crippen molar-refractivity contribution in [1.29, 1.82) is 0 Å². The Hall–Kier alpha value is -1.24. The highest BCUT2D eigenvalue weighted by Crippen LogP contribution is 2.48. The molecule has 0 aliphatic heterocycles. The lowest BCUT2D eigenvalue weighted by molar-refractivity contribution is -0.211. The number of carbonyl (C=O) groups excluding carboxylic acids is 2. The Labute approximate surface area is 155 Å². The molecule has 0 saturated heterocycles. The second-order valence-corrected chi connectivity index (χ2v) is 9.08. The molecule has 5 nitrogen and oxygen atoms in total. The topological polar surface area (TPSA) is 61.8 Å². The van der Waals surface area contributed by atoms with Gasteiger partial charge in [0.05, 0.1) is 5.41 Å². The van der Waals surface area contributed by atoms with Gasteiger partial charge in [-0.3, -0.25) is 4.79 Å². The summed E-state index contributed by atoms with van der Waals surface area (Å²) in [4.78, 5) is 24.5. The van der Waals surface area contributed by atoms with E-state index < -0.39 is 41.6 Å². The van der Waals surface area contributed by atoms with Crippen molar-refractivity contribution < 1.29 is 32.6 Å². The summed E-state index contributed by atoms with van der Waals surface area (Å²) in [5.41, 5.74) is -1.75. The van der Waals surface area contributed by atoms with Crippen LogP contribution in [0.3, 0.4) is 0 Å². The molecular weight excluding hydrogens is 346 g/mol. The second-order valence-electron chi connectivity index (χ2n) is 9.08. The van der Waals surface area contributed by atoms with E-state index in [1.165, 1.54) is 14.0 Å². The number of alkyl halides is 2. The SMILES string of the molecule is CCC(OC(=O)C(C)(CC(C)(C)C)C(C)(C)C)C(F)(F)C(=O)OCOC. The van der Waals surface area contributed by atoms with Crippen LogP contribution in [0.25, 0.3) is 0 Å². The first-order valence-corrected chi connectivity index (χ1v) is 8.78. The van der Waals surface area contributed by atoms with Gasteiger partial charge in [-0.15, -0.1) is 0 Å². The molecule has 0 rings (SSSR count). The van der Waals surface area contributed by atoms with E-state index in [1.807, 2.05) is 41.5 Å². The number of hydrogen-bond donors (Lipinski definition) is 0. The molecule has 0 aromatic rings. The first-order chi connectivity index (χ1) is 11.5. The highest BCUT2D eigenvalue weighted by molar-refractivity contribution is 5.81. The third-order valence-electron chi connectivity index (χ3n) is 4.59. The minimum Gasteiger partial charge on any atom is -0.455 e. The Morgan fingerprint density at radius 3 is 1.81 bits per heavy atom. The van der Waals surface area contributed by atoms with Crippen molar-refractivity contribution in [2.75, 3.05) is 13.9 Å². The van der Waals surface area contributed by atoms with Gasteiger partial charge in [0, 0.05) is 7.11 Å². The zero-order valence-electron chi connectivity index (χ0n) is 17.5. The molecule has 0 bridgehead atoms. The largest absolute Gasteiger partial charge is 0.455 e. The fraction of sp³-hybridized carbons (Fsp3) is 0.895. The van der Waals surface area contributed by atoms with Crippen LogP contribution >= 0.6 is 0 Å². The van der Waals surface area contributed by atoms with Crippen LogP contribution in [0.4, 0.5) is 8.78 Å². The molecule has 0 aromatic carbocycles. The van der Waals surface area contributed by atoms with Gasteiger partial charge in [0.25, 0.3) is 0 Å². The van der Waals surface area contributed by atoms with Crippen LogP contribution < -0.4 is 0 Å². The van der Waals surface area contributed by atoms with Crippen LogP contribution in [-0.4, -0.2) is 37.9 Å². The molecule has 0 spiro atoms. The summed E-state index contributed by atoms with van der Waals surface area (Å²) in [5, 5.41) is 0. The Kier molecular flexibility index (Phi) is 8.22. The monoisotopic (exact) mass is 380 g/mol. The number of esters is 2. The zero-order chi connectivity index (χ0) is 21.0. The highest BCUT2D eigenvalue weighted by Gasteiger charge is 2.54. The van der Waals surface area contributed by atoms with Crippen LogP contribution in [0.1, 0.15) is 68.2 Å². The molecule has 0 aliphatic rings. The molecule has 0 N–H and O–H groups in total. The average molecular weight is 380 g/mol. The van der Waals surface area contributed by atoms with Gasteiger partial charge >= 0.3 is 17.9 Å². The molecule has 0 radical (unpaired) electrons. The summed E-state index contributed by atoms with van der Waals surface area (Å²) in [6.07, 6.45) is -1.68. The van der Waals surface area contributed by atoms with Crippen LogP contribution in [0.2, 0.25) is 0 Å². The van der Waals surface area contributed by atoms with Crippen LogP contribution in [0, 0.1) is 16.2 Å². The normalized spacial score (nSPS) is 16.6. The number of rotatable bonds is 8. The van der Waals surface area contributed by atoms with E-state index >= 15 is 0 Å². The maximum atomic E-state index is 14.4. The van der Waals surface area contributed by atoms with Gasteiger partial charge in [0.2, 0.25) is 0 Å². The lowest BCUT2D eigenvalue weighted by Gasteiger charge is -2.44. The molecule has 26 heavy (non-hydrogen) atoms. The molecule has 0 saturated carbocycles. The summed E-state index contributed by atoms with van der Waals surface area (Å²) in [5.74, 6) is -6.47. The van der Waals surface area contributed by atoms with E-state index in [2.05, 4.69) is 9.47 Å². The van der Waals surface area contributed by atoms with E-state index in [0.29, 0.717) is 6.42 Å². The highest BCUT2D eigenvalue weighted by atomic mass is 19.3. The van der Waals surface area contributed by atoms with Crippen molar-refractivity contribution in [3.05, 3.63) is 0 Å². The number of hydrogen-bond acceptors (Lipinski definition) is 5. The Balaban J connectivity index is 5.58. The van der Waals surface area contributed by atoms with E-state index in [1.54, 1.807) is 6.92 Å². The van der Waals surface area contributed by atoms with Crippen molar-refractivity contribution in [3.63, 3.8) is 0 Å². The fourth-order valence-corrected chi connectivity index (χ4v) is 2.72. The molecule has 0 heterocycles. The lowest BCUT2D eigenvalue weighted by atomic mass is 9.61. The van der Waals surface area contributed by atoms with Crippen molar-refractivity contribution in [1.82, 2.24) is 0 Å². The van der Waals surface area contributed by atoms with Gasteiger partial charge < -0.3 is 14.2 Å². The second kappa shape index (κ2) is 8.63. The predicted octanol–water partition coefficient (Wildman–Crippen LogP) is 4.58. The third-order valence-corrected chi connectivity index (χ3v) is 4.59. The summed E-state index contributed by atoms with van der Waals surface area (Å²) >= 11 is 0. The van der Waals surface area contributed by atoms with E-state index in [0.717, 1.165) is 0 Å². The Morgan fingerprint density at radius 1 is 0.962 bits per heavy atom. The third kappa shape index (κ3) is 6.18. The molecule has 0 aromatic heterocycles. The summed E-state index contributed by atoms with van der Waals surface area (Å²) in [6, 6.07) is 0. The van der Waals surface area contributed by atoms with Crippen molar-refractivity contribution in [2.45, 2.75) is 80.3 Å². The smallest absolute Gasteiger partial charge is 0.383 e. The van der Waals surface area contributed by atoms with Crippen LogP contribution in [0.5, 0.6) is 0 Å². The molecule has 2 unspecified atom stereocenters. The van der Waals surface area contributed by atoms with Crippen molar-refractivity contribution >= 4 is 11.9 Å². The van der Waals surface area contributed by atoms with Gasteiger partial charge in [0.1, 0.15) is 0 Å². The lowest BCUT2D eigenvalue weighted by Crippen LogP contribution is -2.50. The quantitative estimate of drug-likeness (QED) is 0.456. The first kappa shape index (κ1) is 24.8. The summed E-state index contributed by atoms with van der Waals surface area (Å²) < 4.78 is 42.8. The molecule has 7 heteroatoms. The number of halogens is 2. The van der Waals surface area contributed by atoms with Gasteiger partial charge in [-0.1, -0.05) is 48.5 Å². The summed E-state index contributed by atoms with van der Waals surface area (Å²) in [7, 11) is 1.21. The zero-order valence-corrected chi connectivity index (χ0v) is 17.5. The average Bonchev–Trinajstić information content (AvgIpc) is 2.46. The summed E-state index contributed by atoms with van der Waals surface area (Å²) in [6.45, 7) is 14.1. The molecule has 154 valence electrons. The van der Waals surface area contributed by atoms with Gasteiger partial charge in [-0.25, -0.2) is 4.79 Å². The minimum absolute atomic E-state index is 0.220. The number of methoxy groups -OCH3 is 1. The molecule has 0 aliphatic carbocycles. The van der Waals surface area contributed by atoms with Gasteiger partial charge in [-0.05, 0) is 30.6 Å². The fourth-order valence-electron chi connectivity index (χ4n) is 2.72. The van der Waals surface area contributed by atoms with Gasteiger partial charge in [0.15, 0.2) is 12.9 Å². The molecule has 0 amide bonds. The van der Waals surface area contributed by atoms with Crippen LogP contribution in [0.15, 0.2) is 0 Å². The predicted molar refractivity (Wildman–Crippen MR) is 94.7 cm³/mol. The van der Waals surface area contributed by atoms with E-state index in [-0.39, 0.29) is 11.8 Å². The van der Waals surface area contributed by atoms with Crippen molar-refractivity contribution in [2.24, 2.45) is 16.2 Å². The number of ether oxygens (including phenoxy) is 3. The number of carbonyl (C=O) groups is 2. The standard InChI is InChI=1S/C19H34F2O5/c1-10-13(19(20,21)15(23)25-12-24-9)26-14(22)18(8,17(5,6)7)11-16(2,3)4/h13H,10-12H2,1-9H3. The maximum Gasteiger partial charge on any atom is 0.383 e.